The van der Waals surface area contributed by atoms with Crippen LogP contribution < -0.4 is 15.4 Å². The van der Waals surface area contributed by atoms with Crippen LogP contribution in [0.25, 0.3) is 0 Å². The molecule has 0 aromatic heterocycles. The zero-order valence-corrected chi connectivity index (χ0v) is 17.9. The normalized spacial score (nSPS) is 13.9. The number of ether oxygens (including phenoxy) is 2. The molecule has 0 bridgehead atoms. The van der Waals surface area contributed by atoms with Crippen LogP contribution in [0.3, 0.4) is 0 Å². The minimum atomic E-state index is 0.0207. The highest BCUT2D eigenvalue weighted by Crippen LogP contribution is 2.48. The van der Waals surface area contributed by atoms with Crippen molar-refractivity contribution >= 4 is 13.9 Å². The van der Waals surface area contributed by atoms with Crippen LogP contribution in [-0.4, -0.2) is 21.0 Å². The highest BCUT2D eigenvalue weighted by Gasteiger charge is 2.29. The predicted molar refractivity (Wildman–Crippen MR) is 113 cm³/mol. The van der Waals surface area contributed by atoms with Gasteiger partial charge < -0.3 is 14.8 Å². The molecule has 1 N–H and O–H groups in total. The fraction of sp³-hybridized carbons (Fsp3) is 0.455. The first-order chi connectivity index (χ1) is 12.4. The van der Waals surface area contributed by atoms with Crippen LogP contribution in [0.5, 0.6) is 5.75 Å². The Bertz CT molecular complexity index is 732. The largest absolute Gasteiger partial charge is 0.467 e. The molecule has 0 spiro atoms. The number of aryl methyl sites for hydroxylation is 2. The third-order valence-electron chi connectivity index (χ3n) is 4.81. The summed E-state index contributed by atoms with van der Waals surface area (Å²) in [6.07, 6.45) is 1.05. The smallest absolute Gasteiger partial charge is 0.188 e. The molecule has 2 aromatic rings. The Morgan fingerprint density at radius 1 is 1.08 bits per heavy atom. The van der Waals surface area contributed by atoms with Crippen molar-refractivity contribution < 1.29 is 9.47 Å². The van der Waals surface area contributed by atoms with E-state index in [0.29, 0.717) is 8.58 Å². The van der Waals surface area contributed by atoms with E-state index in [1.165, 1.54) is 27.6 Å². The van der Waals surface area contributed by atoms with Gasteiger partial charge in [-0.05, 0) is 44.3 Å². The molecule has 2 unspecified atom stereocenters. The molecule has 142 valence electrons. The van der Waals surface area contributed by atoms with Crippen molar-refractivity contribution in [3.8, 4) is 5.75 Å². The highest BCUT2D eigenvalue weighted by molar-refractivity contribution is 7.48. The molecule has 0 radical (unpaired) electrons. The Morgan fingerprint density at radius 3 is 2.42 bits per heavy atom. The molecule has 0 heterocycles. The van der Waals surface area contributed by atoms with Crippen molar-refractivity contribution in [2.24, 2.45) is 0 Å². The number of benzene rings is 2. The Labute approximate surface area is 160 Å². The molecule has 26 heavy (non-hydrogen) atoms. The van der Waals surface area contributed by atoms with Gasteiger partial charge in [-0.3, -0.25) is 0 Å². The van der Waals surface area contributed by atoms with Crippen LogP contribution in [0, 0.1) is 13.8 Å². The van der Waals surface area contributed by atoms with Gasteiger partial charge >= 0.3 is 0 Å². The van der Waals surface area contributed by atoms with E-state index in [9.17, 15) is 0 Å². The molecule has 2 aromatic carbocycles. The molecule has 4 heteroatoms. The number of hydrogen-bond acceptors (Lipinski definition) is 3. The van der Waals surface area contributed by atoms with Gasteiger partial charge in [0.15, 0.2) is 6.79 Å². The number of methoxy groups -OCH3 is 1. The number of rotatable bonds is 9. The minimum absolute atomic E-state index is 0.0207. The summed E-state index contributed by atoms with van der Waals surface area (Å²) in [5.74, 6) is 0.927. The molecule has 0 saturated carbocycles. The molecule has 0 fully saturated rings. The SMILES string of the molecule is CCC(C)(Pc1ccc(C)cc1CNC)c1cc(C)ccc1OCOC. The lowest BCUT2D eigenvalue weighted by atomic mass is 9.95. The average molecular weight is 373 g/mol. The third-order valence-corrected chi connectivity index (χ3v) is 6.74. The summed E-state index contributed by atoms with van der Waals surface area (Å²) in [5, 5.41) is 4.75. The van der Waals surface area contributed by atoms with Crippen molar-refractivity contribution in [2.45, 2.75) is 45.8 Å². The van der Waals surface area contributed by atoms with Gasteiger partial charge in [0.2, 0.25) is 0 Å². The Hall–Kier alpha value is -1.41. The minimum Gasteiger partial charge on any atom is -0.467 e. The lowest BCUT2D eigenvalue weighted by molar-refractivity contribution is 0.0500. The monoisotopic (exact) mass is 373 g/mol. The Morgan fingerprint density at radius 2 is 1.77 bits per heavy atom. The average Bonchev–Trinajstić information content (AvgIpc) is 2.63. The molecule has 0 aliphatic heterocycles. The zero-order chi connectivity index (χ0) is 19.2. The van der Waals surface area contributed by atoms with Crippen molar-refractivity contribution in [2.75, 3.05) is 21.0 Å². The first kappa shape index (κ1) is 20.9. The molecular formula is C22H32NO2P. The van der Waals surface area contributed by atoms with Gasteiger partial charge in [-0.2, -0.15) is 0 Å². The molecule has 0 saturated heterocycles. The van der Waals surface area contributed by atoms with Gasteiger partial charge in [-0.25, -0.2) is 0 Å². The second-order valence-corrected chi connectivity index (χ2v) is 8.94. The number of nitrogens with one attached hydrogen (secondary N) is 1. The van der Waals surface area contributed by atoms with Crippen LogP contribution in [0.15, 0.2) is 36.4 Å². The molecule has 0 aliphatic rings. The van der Waals surface area contributed by atoms with E-state index in [0.717, 1.165) is 18.7 Å². The van der Waals surface area contributed by atoms with E-state index in [2.05, 4.69) is 69.4 Å². The molecular weight excluding hydrogens is 341 g/mol. The first-order valence-corrected chi connectivity index (χ1v) is 10.2. The molecule has 0 amide bonds. The van der Waals surface area contributed by atoms with Crippen molar-refractivity contribution in [1.82, 2.24) is 5.32 Å². The number of hydrogen-bond donors (Lipinski definition) is 1. The predicted octanol–water partition coefficient (Wildman–Crippen LogP) is 4.63. The maximum atomic E-state index is 5.89. The van der Waals surface area contributed by atoms with Gasteiger partial charge in [-0.1, -0.05) is 63.9 Å². The van der Waals surface area contributed by atoms with E-state index in [1.807, 2.05) is 7.05 Å². The van der Waals surface area contributed by atoms with E-state index >= 15 is 0 Å². The second-order valence-electron chi connectivity index (χ2n) is 7.05. The van der Waals surface area contributed by atoms with Gasteiger partial charge in [0.1, 0.15) is 5.75 Å². The van der Waals surface area contributed by atoms with Crippen LogP contribution in [0.4, 0.5) is 0 Å². The lowest BCUT2D eigenvalue weighted by Gasteiger charge is -2.32. The van der Waals surface area contributed by atoms with Crippen molar-refractivity contribution in [3.05, 3.63) is 58.7 Å². The van der Waals surface area contributed by atoms with Crippen molar-refractivity contribution in [1.29, 1.82) is 0 Å². The van der Waals surface area contributed by atoms with Crippen LogP contribution in [-0.2, 0) is 16.4 Å². The fourth-order valence-electron chi connectivity index (χ4n) is 3.15. The van der Waals surface area contributed by atoms with Crippen molar-refractivity contribution in [3.63, 3.8) is 0 Å². The Balaban J connectivity index is 2.44. The summed E-state index contributed by atoms with van der Waals surface area (Å²) >= 11 is 0. The summed E-state index contributed by atoms with van der Waals surface area (Å²) < 4.78 is 11.0. The standard InChI is InChI=1S/C22H32NO2P/c1-7-22(4,19-13-17(3)8-10-20(19)25-15-24-6)26-21-11-9-16(2)12-18(21)14-23-5/h8-13,23,26H,7,14-15H2,1-6H3. The first-order valence-electron chi connectivity index (χ1n) is 9.18. The molecule has 2 atom stereocenters. The summed E-state index contributed by atoms with van der Waals surface area (Å²) in [4.78, 5) is 0. The van der Waals surface area contributed by atoms with Gasteiger partial charge in [0.25, 0.3) is 0 Å². The third kappa shape index (κ3) is 5.07. The topological polar surface area (TPSA) is 30.5 Å². The van der Waals surface area contributed by atoms with Crippen LogP contribution >= 0.6 is 8.58 Å². The maximum absolute atomic E-state index is 5.89. The fourth-order valence-corrected chi connectivity index (χ4v) is 4.74. The van der Waals surface area contributed by atoms with Gasteiger partial charge in [0.05, 0.1) is 0 Å². The summed E-state index contributed by atoms with van der Waals surface area (Å²) in [6, 6.07) is 13.3. The van der Waals surface area contributed by atoms with Gasteiger partial charge in [0, 0.05) is 24.4 Å². The summed E-state index contributed by atoms with van der Waals surface area (Å²) in [5.41, 5.74) is 5.22. The van der Waals surface area contributed by atoms with E-state index < -0.39 is 0 Å². The summed E-state index contributed by atoms with van der Waals surface area (Å²) in [6.45, 7) is 10.1. The van der Waals surface area contributed by atoms with E-state index in [1.54, 1.807) is 7.11 Å². The highest BCUT2D eigenvalue weighted by atomic mass is 31.1. The van der Waals surface area contributed by atoms with E-state index in [-0.39, 0.29) is 11.9 Å². The molecule has 0 aliphatic carbocycles. The van der Waals surface area contributed by atoms with Crippen LogP contribution in [0.1, 0.15) is 42.5 Å². The van der Waals surface area contributed by atoms with Crippen LogP contribution in [0.2, 0.25) is 0 Å². The quantitative estimate of drug-likeness (QED) is 0.513. The van der Waals surface area contributed by atoms with E-state index in [4.69, 9.17) is 9.47 Å². The Kier molecular flexibility index (Phi) is 7.64. The maximum Gasteiger partial charge on any atom is 0.188 e. The molecule has 2 rings (SSSR count). The zero-order valence-electron chi connectivity index (χ0n) is 16.9. The second kappa shape index (κ2) is 9.50. The molecule has 3 nitrogen and oxygen atoms in total. The lowest BCUT2D eigenvalue weighted by Crippen LogP contribution is -2.23. The summed E-state index contributed by atoms with van der Waals surface area (Å²) in [7, 11) is 4.33. The van der Waals surface area contributed by atoms with Gasteiger partial charge in [-0.15, -0.1) is 0 Å².